The second-order valence-electron chi connectivity index (χ2n) is 5.08. The zero-order valence-corrected chi connectivity index (χ0v) is 12.1. The average molecular weight is 248 g/mol. The molecule has 1 rings (SSSR count). The van der Waals surface area contributed by atoms with Crippen LogP contribution in [0.25, 0.3) is 0 Å². The van der Waals surface area contributed by atoms with Crippen LogP contribution in [0, 0.1) is 19.8 Å². The highest BCUT2D eigenvalue weighted by molar-refractivity contribution is 5.78. The van der Waals surface area contributed by atoms with Crippen LogP contribution in [0.4, 0.5) is 0 Å². The van der Waals surface area contributed by atoms with Gasteiger partial charge < -0.3 is 10.2 Å². The third-order valence-electron chi connectivity index (χ3n) is 3.21. The van der Waals surface area contributed by atoms with E-state index in [4.69, 9.17) is 0 Å². The lowest BCUT2D eigenvalue weighted by Crippen LogP contribution is -2.35. The predicted octanol–water partition coefficient (Wildman–Crippen LogP) is 2.12. The molecule has 0 aliphatic carbocycles. The molecule has 0 fully saturated rings. The first-order chi connectivity index (χ1) is 8.45. The Morgan fingerprint density at radius 1 is 1.39 bits per heavy atom. The number of carbonyl (C=O) groups excluding carboxylic acids is 1. The van der Waals surface area contributed by atoms with Crippen molar-refractivity contribution < 1.29 is 4.79 Å². The molecular weight excluding hydrogens is 224 g/mol. The Morgan fingerprint density at radius 3 is 2.61 bits per heavy atom. The fourth-order valence-electron chi connectivity index (χ4n) is 2.13. The summed E-state index contributed by atoms with van der Waals surface area (Å²) in [7, 11) is 3.74. The lowest BCUT2D eigenvalue weighted by atomic mass is 10.0. The zero-order valence-electron chi connectivity index (χ0n) is 12.1. The van der Waals surface area contributed by atoms with Gasteiger partial charge in [0.15, 0.2) is 0 Å². The van der Waals surface area contributed by atoms with E-state index in [2.05, 4.69) is 37.4 Å². The van der Waals surface area contributed by atoms with Crippen LogP contribution in [0.1, 0.15) is 23.6 Å². The lowest BCUT2D eigenvalue weighted by molar-refractivity contribution is -0.134. The molecule has 3 nitrogen and oxygen atoms in total. The molecule has 1 N–H and O–H groups in total. The maximum Gasteiger partial charge on any atom is 0.226 e. The maximum atomic E-state index is 12.1. The van der Waals surface area contributed by atoms with Gasteiger partial charge in [-0.25, -0.2) is 0 Å². The molecule has 1 aromatic rings. The molecule has 0 heterocycles. The van der Waals surface area contributed by atoms with Gasteiger partial charge in [0.25, 0.3) is 0 Å². The number of nitrogens with one attached hydrogen (secondary N) is 1. The minimum absolute atomic E-state index is 0.0192. The third kappa shape index (κ3) is 3.84. The fraction of sp³-hybridized carbons (Fsp3) is 0.533. The van der Waals surface area contributed by atoms with Crippen LogP contribution in [-0.2, 0) is 11.3 Å². The Hall–Kier alpha value is -1.35. The molecule has 1 aromatic carbocycles. The molecule has 18 heavy (non-hydrogen) atoms. The van der Waals surface area contributed by atoms with Crippen LogP contribution >= 0.6 is 0 Å². The van der Waals surface area contributed by atoms with Gasteiger partial charge in [0.05, 0.1) is 0 Å². The van der Waals surface area contributed by atoms with Gasteiger partial charge in [0.1, 0.15) is 0 Å². The molecule has 0 radical (unpaired) electrons. The Labute approximate surface area is 110 Å². The van der Waals surface area contributed by atoms with Crippen LogP contribution in [0.5, 0.6) is 0 Å². The van der Waals surface area contributed by atoms with Crippen LogP contribution in [0.2, 0.25) is 0 Å². The summed E-state index contributed by atoms with van der Waals surface area (Å²) in [5.74, 6) is 0.204. The van der Waals surface area contributed by atoms with Gasteiger partial charge in [-0.2, -0.15) is 0 Å². The Bertz CT molecular complexity index is 415. The van der Waals surface area contributed by atoms with Crippen molar-refractivity contribution in [3.63, 3.8) is 0 Å². The number of benzene rings is 1. The molecule has 0 bridgehead atoms. The van der Waals surface area contributed by atoms with Gasteiger partial charge in [-0.15, -0.1) is 0 Å². The summed E-state index contributed by atoms with van der Waals surface area (Å²) in [5.41, 5.74) is 3.72. The number of aryl methyl sites for hydroxylation is 2. The molecular formula is C15H24N2O. The number of hydrogen-bond acceptors (Lipinski definition) is 2. The fourth-order valence-corrected chi connectivity index (χ4v) is 2.13. The molecule has 1 atom stereocenters. The van der Waals surface area contributed by atoms with E-state index in [-0.39, 0.29) is 11.8 Å². The minimum atomic E-state index is 0.0192. The van der Waals surface area contributed by atoms with E-state index >= 15 is 0 Å². The van der Waals surface area contributed by atoms with Crippen molar-refractivity contribution in [2.45, 2.75) is 27.3 Å². The van der Waals surface area contributed by atoms with E-state index in [1.54, 1.807) is 4.90 Å². The first-order valence-corrected chi connectivity index (χ1v) is 6.41. The highest BCUT2D eigenvalue weighted by Gasteiger charge is 2.17. The second-order valence-corrected chi connectivity index (χ2v) is 5.08. The zero-order chi connectivity index (χ0) is 13.7. The molecule has 3 heteroatoms. The van der Waals surface area contributed by atoms with Gasteiger partial charge in [0, 0.05) is 26.1 Å². The predicted molar refractivity (Wildman–Crippen MR) is 75.5 cm³/mol. The summed E-state index contributed by atoms with van der Waals surface area (Å²) < 4.78 is 0. The van der Waals surface area contributed by atoms with Crippen molar-refractivity contribution in [1.82, 2.24) is 10.2 Å². The Balaban J connectivity index is 2.69. The molecule has 0 saturated carbocycles. The summed E-state index contributed by atoms with van der Waals surface area (Å²) in [6.07, 6.45) is 0. The molecule has 0 aliphatic rings. The Kier molecular flexibility index (Phi) is 5.35. The smallest absolute Gasteiger partial charge is 0.226 e. The number of amides is 1. The second kappa shape index (κ2) is 6.55. The van der Waals surface area contributed by atoms with Crippen molar-refractivity contribution in [1.29, 1.82) is 0 Å². The summed E-state index contributed by atoms with van der Waals surface area (Å²) in [6.45, 7) is 7.53. The highest BCUT2D eigenvalue weighted by atomic mass is 16.2. The lowest BCUT2D eigenvalue weighted by Gasteiger charge is -2.22. The number of nitrogens with zero attached hydrogens (tertiary/aromatic N) is 1. The topological polar surface area (TPSA) is 32.3 Å². The van der Waals surface area contributed by atoms with E-state index in [9.17, 15) is 4.79 Å². The van der Waals surface area contributed by atoms with Crippen molar-refractivity contribution in [3.05, 3.63) is 34.9 Å². The summed E-state index contributed by atoms with van der Waals surface area (Å²) in [6, 6.07) is 6.36. The first kappa shape index (κ1) is 14.7. The van der Waals surface area contributed by atoms with E-state index < -0.39 is 0 Å². The van der Waals surface area contributed by atoms with E-state index in [0.29, 0.717) is 6.54 Å². The van der Waals surface area contributed by atoms with Crippen molar-refractivity contribution in [2.75, 3.05) is 20.6 Å². The monoisotopic (exact) mass is 248 g/mol. The van der Waals surface area contributed by atoms with E-state index in [1.165, 1.54) is 16.7 Å². The van der Waals surface area contributed by atoms with Gasteiger partial charge in [-0.05, 0) is 32.0 Å². The van der Waals surface area contributed by atoms with Crippen LogP contribution in [-0.4, -0.2) is 31.4 Å². The molecule has 0 saturated heterocycles. The molecule has 1 amide bonds. The largest absolute Gasteiger partial charge is 0.341 e. The minimum Gasteiger partial charge on any atom is -0.341 e. The molecule has 0 aromatic heterocycles. The van der Waals surface area contributed by atoms with E-state index in [0.717, 1.165) is 6.54 Å². The summed E-state index contributed by atoms with van der Waals surface area (Å²) in [4.78, 5) is 13.9. The third-order valence-corrected chi connectivity index (χ3v) is 3.21. The van der Waals surface area contributed by atoms with Crippen LogP contribution in [0.15, 0.2) is 18.2 Å². The van der Waals surface area contributed by atoms with Gasteiger partial charge >= 0.3 is 0 Å². The molecule has 0 aliphatic heterocycles. The Morgan fingerprint density at radius 2 is 2.06 bits per heavy atom. The van der Waals surface area contributed by atoms with Crippen molar-refractivity contribution in [3.8, 4) is 0 Å². The van der Waals surface area contributed by atoms with Crippen molar-refractivity contribution in [2.24, 2.45) is 5.92 Å². The summed E-state index contributed by atoms with van der Waals surface area (Å²) >= 11 is 0. The summed E-state index contributed by atoms with van der Waals surface area (Å²) in [5, 5.41) is 3.04. The number of carbonyl (C=O) groups is 1. The van der Waals surface area contributed by atoms with Gasteiger partial charge in [-0.3, -0.25) is 4.79 Å². The highest BCUT2D eigenvalue weighted by Crippen LogP contribution is 2.13. The number of rotatable bonds is 5. The molecule has 0 spiro atoms. The van der Waals surface area contributed by atoms with E-state index in [1.807, 2.05) is 21.0 Å². The van der Waals surface area contributed by atoms with Crippen molar-refractivity contribution >= 4 is 5.91 Å². The quantitative estimate of drug-likeness (QED) is 0.865. The first-order valence-electron chi connectivity index (χ1n) is 6.41. The number of hydrogen-bond donors (Lipinski definition) is 1. The van der Waals surface area contributed by atoms with Gasteiger partial charge in [-0.1, -0.05) is 30.7 Å². The normalized spacial score (nSPS) is 12.3. The van der Waals surface area contributed by atoms with Crippen LogP contribution < -0.4 is 5.32 Å². The molecule has 1 unspecified atom stereocenters. The maximum absolute atomic E-state index is 12.1. The SMILES string of the molecule is CNCC(C)C(=O)N(C)Cc1ccc(C)cc1C. The molecule has 100 valence electrons. The van der Waals surface area contributed by atoms with Gasteiger partial charge in [0.2, 0.25) is 5.91 Å². The average Bonchev–Trinajstić information content (AvgIpc) is 2.32. The standard InChI is InChI=1S/C15H24N2O/c1-11-6-7-14(12(2)8-11)10-17(5)15(18)13(3)9-16-4/h6-8,13,16H,9-10H2,1-5H3. The van der Waals surface area contributed by atoms with Crippen LogP contribution in [0.3, 0.4) is 0 Å².